The maximum absolute atomic E-state index is 2.63. The first kappa shape index (κ1) is 9.26. The maximum atomic E-state index is 2.63. The minimum atomic E-state index is 0.739. The van der Waals surface area contributed by atoms with Crippen LogP contribution in [0.5, 0.6) is 0 Å². The third-order valence-electron chi connectivity index (χ3n) is 3.56. The zero-order chi connectivity index (χ0) is 9.26. The number of likely N-dealkylation sites (tertiary alicyclic amines) is 1. The molecule has 0 aromatic carbocycles. The summed E-state index contributed by atoms with van der Waals surface area (Å²) in [6, 6.07) is 0.739. The molecule has 1 heterocycles. The quantitative estimate of drug-likeness (QED) is 0.559. The molecule has 0 amide bonds. The van der Waals surface area contributed by atoms with Gasteiger partial charge in [0.15, 0.2) is 0 Å². The fraction of sp³-hybridized carbons (Fsp3) is 0.833. The van der Waals surface area contributed by atoms with Crippen LogP contribution >= 0.6 is 0 Å². The lowest BCUT2D eigenvalue weighted by Crippen LogP contribution is -2.41. The van der Waals surface area contributed by atoms with E-state index in [0.29, 0.717) is 0 Å². The van der Waals surface area contributed by atoms with Crippen molar-refractivity contribution in [3.8, 4) is 0 Å². The number of rotatable bonds is 1. The van der Waals surface area contributed by atoms with Gasteiger partial charge in [0.1, 0.15) is 0 Å². The predicted molar refractivity (Wildman–Crippen MR) is 56.8 cm³/mol. The first-order valence-electron chi connectivity index (χ1n) is 5.70. The lowest BCUT2D eigenvalue weighted by Gasteiger charge is -2.38. The van der Waals surface area contributed by atoms with Crippen molar-refractivity contribution < 1.29 is 0 Å². The highest BCUT2D eigenvalue weighted by molar-refractivity contribution is 5.13. The first-order chi connectivity index (χ1) is 6.27. The molecule has 0 radical (unpaired) electrons. The van der Waals surface area contributed by atoms with E-state index in [-0.39, 0.29) is 0 Å². The van der Waals surface area contributed by atoms with E-state index >= 15 is 0 Å². The molecule has 0 aromatic heterocycles. The van der Waals surface area contributed by atoms with E-state index in [0.717, 1.165) is 12.0 Å². The van der Waals surface area contributed by atoms with Gasteiger partial charge in [-0.25, -0.2) is 0 Å². The minimum absolute atomic E-state index is 0.739. The zero-order valence-corrected chi connectivity index (χ0v) is 8.92. The summed E-state index contributed by atoms with van der Waals surface area (Å²) < 4.78 is 0. The van der Waals surface area contributed by atoms with Crippen LogP contribution in [0.4, 0.5) is 0 Å². The number of fused-ring (bicyclic) bond motifs is 1. The minimum Gasteiger partial charge on any atom is -0.300 e. The van der Waals surface area contributed by atoms with Crippen LogP contribution in [0.25, 0.3) is 0 Å². The molecule has 1 atom stereocenters. The number of nitrogens with zero attached hydrogens (tertiary/aromatic N) is 1. The SMILES string of the molecule is CC(C)N1CCC2=CCCCC2C1. The molecule has 0 saturated carbocycles. The summed E-state index contributed by atoms with van der Waals surface area (Å²) in [6.07, 6.45) is 8.04. The number of piperidine rings is 1. The average Bonchev–Trinajstić information content (AvgIpc) is 2.17. The van der Waals surface area contributed by atoms with Crippen molar-refractivity contribution in [3.05, 3.63) is 11.6 Å². The highest BCUT2D eigenvalue weighted by atomic mass is 15.2. The fourth-order valence-electron chi connectivity index (χ4n) is 2.63. The second-order valence-electron chi connectivity index (χ2n) is 4.75. The van der Waals surface area contributed by atoms with Crippen LogP contribution in [-0.4, -0.2) is 24.0 Å². The van der Waals surface area contributed by atoms with Crippen molar-refractivity contribution in [2.75, 3.05) is 13.1 Å². The maximum Gasteiger partial charge on any atom is 0.00498 e. The van der Waals surface area contributed by atoms with Gasteiger partial charge in [0.05, 0.1) is 0 Å². The molecule has 1 fully saturated rings. The van der Waals surface area contributed by atoms with Crippen molar-refractivity contribution in [1.82, 2.24) is 4.90 Å². The second-order valence-corrected chi connectivity index (χ2v) is 4.75. The molecular weight excluding hydrogens is 158 g/mol. The van der Waals surface area contributed by atoms with Gasteiger partial charge in [0, 0.05) is 19.1 Å². The molecule has 0 spiro atoms. The Morgan fingerprint density at radius 1 is 1.46 bits per heavy atom. The van der Waals surface area contributed by atoms with Crippen molar-refractivity contribution >= 4 is 0 Å². The molecule has 0 aromatic rings. The standard InChI is InChI=1S/C12H21N/c1-10(2)13-8-7-11-5-3-4-6-12(11)9-13/h5,10,12H,3-4,6-9H2,1-2H3. The molecule has 1 unspecified atom stereocenters. The van der Waals surface area contributed by atoms with Gasteiger partial charge < -0.3 is 4.90 Å². The molecule has 1 aliphatic carbocycles. The normalized spacial score (nSPS) is 30.1. The molecule has 1 heteroatoms. The summed E-state index contributed by atoms with van der Waals surface area (Å²) in [7, 11) is 0. The Hall–Kier alpha value is -0.300. The van der Waals surface area contributed by atoms with Crippen LogP contribution < -0.4 is 0 Å². The van der Waals surface area contributed by atoms with Gasteiger partial charge in [-0.05, 0) is 45.4 Å². The van der Waals surface area contributed by atoms with Crippen LogP contribution in [0, 0.1) is 5.92 Å². The molecule has 0 N–H and O–H groups in total. The Bertz CT molecular complexity index is 205. The highest BCUT2D eigenvalue weighted by Crippen LogP contribution is 2.32. The van der Waals surface area contributed by atoms with E-state index in [1.54, 1.807) is 5.57 Å². The van der Waals surface area contributed by atoms with Gasteiger partial charge >= 0.3 is 0 Å². The van der Waals surface area contributed by atoms with Crippen LogP contribution in [0.2, 0.25) is 0 Å². The fourth-order valence-corrected chi connectivity index (χ4v) is 2.63. The topological polar surface area (TPSA) is 3.24 Å². The largest absolute Gasteiger partial charge is 0.300 e. The smallest absolute Gasteiger partial charge is 0.00498 e. The van der Waals surface area contributed by atoms with Gasteiger partial charge in [0.25, 0.3) is 0 Å². The highest BCUT2D eigenvalue weighted by Gasteiger charge is 2.26. The lowest BCUT2D eigenvalue weighted by atomic mass is 9.82. The summed E-state index contributed by atoms with van der Waals surface area (Å²) in [5.41, 5.74) is 1.77. The third kappa shape index (κ3) is 1.96. The van der Waals surface area contributed by atoms with E-state index in [2.05, 4.69) is 24.8 Å². The summed E-state index contributed by atoms with van der Waals surface area (Å²) in [6.45, 7) is 7.25. The Balaban J connectivity index is 2.00. The molecule has 1 nitrogen and oxygen atoms in total. The Morgan fingerprint density at radius 3 is 3.08 bits per heavy atom. The molecule has 13 heavy (non-hydrogen) atoms. The zero-order valence-electron chi connectivity index (χ0n) is 8.92. The van der Waals surface area contributed by atoms with Gasteiger partial charge in [-0.15, -0.1) is 0 Å². The second kappa shape index (κ2) is 3.83. The average molecular weight is 179 g/mol. The molecule has 0 bridgehead atoms. The molecule has 2 rings (SSSR count). The van der Waals surface area contributed by atoms with Crippen molar-refractivity contribution in [2.45, 2.75) is 45.6 Å². The Morgan fingerprint density at radius 2 is 2.31 bits per heavy atom. The summed E-state index contributed by atoms with van der Waals surface area (Å²) in [5, 5.41) is 0. The van der Waals surface area contributed by atoms with Gasteiger partial charge in [-0.3, -0.25) is 0 Å². The van der Waals surface area contributed by atoms with Gasteiger partial charge in [-0.1, -0.05) is 11.6 Å². The Labute approximate surface area is 81.8 Å². The molecule has 1 saturated heterocycles. The summed E-state index contributed by atoms with van der Waals surface area (Å²) in [4.78, 5) is 2.63. The molecule has 74 valence electrons. The van der Waals surface area contributed by atoms with Gasteiger partial charge in [-0.2, -0.15) is 0 Å². The van der Waals surface area contributed by atoms with Crippen molar-refractivity contribution in [1.29, 1.82) is 0 Å². The van der Waals surface area contributed by atoms with Crippen molar-refractivity contribution in [2.24, 2.45) is 5.92 Å². The Kier molecular flexibility index (Phi) is 2.73. The van der Waals surface area contributed by atoms with Crippen LogP contribution in [0.15, 0.2) is 11.6 Å². The molecule has 1 aliphatic heterocycles. The van der Waals surface area contributed by atoms with Gasteiger partial charge in [0.2, 0.25) is 0 Å². The van der Waals surface area contributed by atoms with Crippen LogP contribution in [0.1, 0.15) is 39.5 Å². The van der Waals surface area contributed by atoms with E-state index in [4.69, 9.17) is 0 Å². The number of hydrogen-bond acceptors (Lipinski definition) is 1. The monoisotopic (exact) mass is 179 g/mol. The van der Waals surface area contributed by atoms with Crippen LogP contribution in [-0.2, 0) is 0 Å². The summed E-state index contributed by atoms with van der Waals surface area (Å²) >= 11 is 0. The first-order valence-corrected chi connectivity index (χ1v) is 5.70. The van der Waals surface area contributed by atoms with E-state index < -0.39 is 0 Å². The van der Waals surface area contributed by atoms with Crippen molar-refractivity contribution in [3.63, 3.8) is 0 Å². The summed E-state index contributed by atoms with van der Waals surface area (Å²) in [5.74, 6) is 0.907. The van der Waals surface area contributed by atoms with E-state index in [1.165, 1.54) is 38.8 Å². The molecular formula is C12H21N. The molecule has 2 aliphatic rings. The number of hydrogen-bond donors (Lipinski definition) is 0. The van der Waals surface area contributed by atoms with E-state index in [1.807, 2.05) is 0 Å². The van der Waals surface area contributed by atoms with E-state index in [9.17, 15) is 0 Å². The lowest BCUT2D eigenvalue weighted by molar-refractivity contribution is 0.164. The third-order valence-corrected chi connectivity index (χ3v) is 3.56. The number of allylic oxidation sites excluding steroid dienone is 1. The predicted octanol–water partition coefficient (Wildman–Crippen LogP) is 2.83. The van der Waals surface area contributed by atoms with Crippen LogP contribution in [0.3, 0.4) is 0 Å².